The molecule has 2 rings (SSSR count). The highest BCUT2D eigenvalue weighted by atomic mass is 32.2. The number of non-ortho nitro benzene ring substituents is 1. The number of thioether (sulfide) groups is 1. The summed E-state index contributed by atoms with van der Waals surface area (Å²) in [5, 5.41) is 13.7. The molecule has 1 fully saturated rings. The van der Waals surface area contributed by atoms with Crippen molar-refractivity contribution in [2.24, 2.45) is 0 Å². The Bertz CT molecular complexity index is 499. The molecule has 1 aliphatic rings. The number of nitrogens with one attached hydrogen (secondary N) is 1. The standard InChI is InChI=1S/C14H19N3O3S/c1-11(14(18)16-9-2-7-15-8-10-16)21-13-5-3-12(4-6-13)17(19)20/h3-6,11,15H,2,7-10H2,1H3. The van der Waals surface area contributed by atoms with Crippen LogP contribution in [-0.4, -0.2) is 47.2 Å². The fraction of sp³-hybridized carbons (Fsp3) is 0.500. The van der Waals surface area contributed by atoms with E-state index < -0.39 is 4.92 Å². The molecule has 1 amide bonds. The van der Waals surface area contributed by atoms with Gasteiger partial charge in [-0.1, -0.05) is 0 Å². The summed E-state index contributed by atoms with van der Waals surface area (Å²) in [6, 6.07) is 6.32. The van der Waals surface area contributed by atoms with Crippen molar-refractivity contribution in [1.29, 1.82) is 0 Å². The van der Waals surface area contributed by atoms with E-state index in [2.05, 4.69) is 5.32 Å². The summed E-state index contributed by atoms with van der Waals surface area (Å²) in [7, 11) is 0. The van der Waals surface area contributed by atoms with E-state index in [-0.39, 0.29) is 16.8 Å². The first-order valence-corrected chi connectivity index (χ1v) is 7.86. The number of nitro benzene ring substituents is 1. The summed E-state index contributed by atoms with van der Waals surface area (Å²) in [6.45, 7) is 5.20. The lowest BCUT2D eigenvalue weighted by atomic mass is 10.3. The van der Waals surface area contributed by atoms with Crippen molar-refractivity contribution in [3.05, 3.63) is 34.4 Å². The summed E-state index contributed by atoms with van der Waals surface area (Å²) < 4.78 is 0. The molecule has 1 saturated heterocycles. The Morgan fingerprint density at radius 2 is 2.05 bits per heavy atom. The summed E-state index contributed by atoms with van der Waals surface area (Å²) >= 11 is 1.44. The number of nitro groups is 1. The third kappa shape index (κ3) is 4.44. The first-order chi connectivity index (χ1) is 10.1. The predicted octanol–water partition coefficient (Wildman–Crippen LogP) is 1.90. The van der Waals surface area contributed by atoms with E-state index >= 15 is 0 Å². The minimum atomic E-state index is -0.423. The number of hydrogen-bond donors (Lipinski definition) is 1. The van der Waals surface area contributed by atoms with E-state index in [9.17, 15) is 14.9 Å². The van der Waals surface area contributed by atoms with Crippen molar-refractivity contribution in [2.45, 2.75) is 23.5 Å². The van der Waals surface area contributed by atoms with Crippen molar-refractivity contribution >= 4 is 23.4 Å². The Morgan fingerprint density at radius 1 is 1.33 bits per heavy atom. The highest BCUT2D eigenvalue weighted by molar-refractivity contribution is 8.00. The number of carbonyl (C=O) groups excluding carboxylic acids is 1. The lowest BCUT2D eigenvalue weighted by Gasteiger charge is -2.23. The average Bonchev–Trinajstić information content (AvgIpc) is 2.76. The van der Waals surface area contributed by atoms with Gasteiger partial charge < -0.3 is 10.2 Å². The van der Waals surface area contributed by atoms with Crippen LogP contribution in [0.4, 0.5) is 5.69 Å². The molecular weight excluding hydrogens is 290 g/mol. The van der Waals surface area contributed by atoms with E-state index in [1.54, 1.807) is 12.1 Å². The van der Waals surface area contributed by atoms with Crippen LogP contribution >= 0.6 is 11.8 Å². The number of benzene rings is 1. The zero-order valence-corrected chi connectivity index (χ0v) is 12.8. The lowest BCUT2D eigenvalue weighted by molar-refractivity contribution is -0.384. The summed E-state index contributed by atoms with van der Waals surface area (Å²) in [6.07, 6.45) is 0.973. The van der Waals surface area contributed by atoms with Crippen molar-refractivity contribution in [3.8, 4) is 0 Å². The summed E-state index contributed by atoms with van der Waals surface area (Å²) in [5.41, 5.74) is 0.0666. The van der Waals surface area contributed by atoms with Crippen molar-refractivity contribution in [3.63, 3.8) is 0 Å². The van der Waals surface area contributed by atoms with Gasteiger partial charge in [-0.15, -0.1) is 11.8 Å². The molecule has 7 heteroatoms. The van der Waals surface area contributed by atoms with E-state index in [1.165, 1.54) is 23.9 Å². The molecule has 0 bridgehead atoms. The van der Waals surface area contributed by atoms with Gasteiger partial charge in [0.2, 0.25) is 5.91 Å². The SMILES string of the molecule is CC(Sc1ccc([N+](=O)[O-])cc1)C(=O)N1CCCNCC1. The predicted molar refractivity (Wildman–Crippen MR) is 82.5 cm³/mol. The molecule has 6 nitrogen and oxygen atoms in total. The van der Waals surface area contributed by atoms with E-state index in [4.69, 9.17) is 0 Å². The highest BCUT2D eigenvalue weighted by Gasteiger charge is 2.22. The molecule has 0 aliphatic carbocycles. The van der Waals surface area contributed by atoms with Crippen molar-refractivity contribution in [1.82, 2.24) is 10.2 Å². The van der Waals surface area contributed by atoms with Crippen LogP contribution in [0.25, 0.3) is 0 Å². The number of rotatable bonds is 4. The zero-order chi connectivity index (χ0) is 15.2. The van der Waals surface area contributed by atoms with E-state index in [0.717, 1.165) is 37.5 Å². The Labute approximate surface area is 128 Å². The third-order valence-corrected chi connectivity index (χ3v) is 4.46. The van der Waals surface area contributed by atoms with Gasteiger partial charge in [0.1, 0.15) is 0 Å². The van der Waals surface area contributed by atoms with Gasteiger partial charge in [0.15, 0.2) is 0 Å². The fourth-order valence-corrected chi connectivity index (χ4v) is 3.18. The van der Waals surface area contributed by atoms with Crippen LogP contribution in [0.1, 0.15) is 13.3 Å². The highest BCUT2D eigenvalue weighted by Crippen LogP contribution is 2.26. The zero-order valence-electron chi connectivity index (χ0n) is 11.9. The molecule has 1 aromatic rings. The monoisotopic (exact) mass is 309 g/mol. The Kier molecular flexibility index (Phi) is 5.58. The lowest BCUT2D eigenvalue weighted by Crippen LogP contribution is -2.38. The number of hydrogen-bond acceptors (Lipinski definition) is 5. The van der Waals surface area contributed by atoms with Crippen molar-refractivity contribution < 1.29 is 9.72 Å². The molecule has 0 spiro atoms. The Morgan fingerprint density at radius 3 is 2.71 bits per heavy atom. The number of nitrogens with zero attached hydrogens (tertiary/aromatic N) is 2. The number of amides is 1. The smallest absolute Gasteiger partial charge is 0.269 e. The van der Waals surface area contributed by atoms with Crippen LogP contribution in [0.15, 0.2) is 29.2 Å². The maximum Gasteiger partial charge on any atom is 0.269 e. The second kappa shape index (κ2) is 7.42. The van der Waals surface area contributed by atoms with Gasteiger partial charge in [0, 0.05) is 36.7 Å². The van der Waals surface area contributed by atoms with Gasteiger partial charge in [-0.2, -0.15) is 0 Å². The first-order valence-electron chi connectivity index (χ1n) is 6.98. The van der Waals surface area contributed by atoms with Crippen LogP contribution in [0.5, 0.6) is 0 Å². The van der Waals surface area contributed by atoms with Gasteiger partial charge in [0.25, 0.3) is 5.69 Å². The first kappa shape index (κ1) is 15.8. The largest absolute Gasteiger partial charge is 0.340 e. The quantitative estimate of drug-likeness (QED) is 0.522. The third-order valence-electron chi connectivity index (χ3n) is 3.36. The van der Waals surface area contributed by atoms with Gasteiger partial charge in [-0.05, 0) is 32.0 Å². The molecule has 1 unspecified atom stereocenters. The Balaban J connectivity index is 1.94. The van der Waals surface area contributed by atoms with Gasteiger partial charge in [0.05, 0.1) is 10.2 Å². The molecule has 0 aromatic heterocycles. The van der Waals surface area contributed by atoms with Crippen LogP contribution in [0, 0.1) is 10.1 Å². The normalized spacial score (nSPS) is 17.1. The molecule has 0 radical (unpaired) electrons. The second-order valence-electron chi connectivity index (χ2n) is 4.94. The molecule has 21 heavy (non-hydrogen) atoms. The maximum atomic E-state index is 12.4. The fourth-order valence-electron chi connectivity index (χ4n) is 2.22. The topological polar surface area (TPSA) is 75.5 Å². The van der Waals surface area contributed by atoms with Gasteiger partial charge >= 0.3 is 0 Å². The van der Waals surface area contributed by atoms with Crippen LogP contribution < -0.4 is 5.32 Å². The van der Waals surface area contributed by atoms with E-state index in [0.29, 0.717) is 0 Å². The maximum absolute atomic E-state index is 12.4. The molecular formula is C14H19N3O3S. The minimum Gasteiger partial charge on any atom is -0.340 e. The van der Waals surface area contributed by atoms with Crippen molar-refractivity contribution in [2.75, 3.05) is 26.2 Å². The molecule has 1 atom stereocenters. The second-order valence-corrected chi connectivity index (χ2v) is 6.35. The van der Waals surface area contributed by atoms with Crippen LogP contribution in [-0.2, 0) is 4.79 Å². The van der Waals surface area contributed by atoms with Crippen LogP contribution in [0.3, 0.4) is 0 Å². The average molecular weight is 309 g/mol. The molecule has 1 heterocycles. The minimum absolute atomic E-state index is 0.0666. The number of carbonyl (C=O) groups is 1. The van der Waals surface area contributed by atoms with Gasteiger partial charge in [-0.3, -0.25) is 14.9 Å². The van der Waals surface area contributed by atoms with Crippen LogP contribution in [0.2, 0.25) is 0 Å². The molecule has 114 valence electrons. The summed E-state index contributed by atoms with van der Waals surface area (Å²) in [4.78, 5) is 25.4. The van der Waals surface area contributed by atoms with E-state index in [1.807, 2.05) is 11.8 Å². The Hall–Kier alpha value is -1.60. The molecule has 1 aromatic carbocycles. The summed E-state index contributed by atoms with van der Waals surface area (Å²) in [5.74, 6) is 0.127. The molecule has 1 N–H and O–H groups in total. The molecule has 0 saturated carbocycles. The van der Waals surface area contributed by atoms with Gasteiger partial charge in [-0.25, -0.2) is 0 Å². The molecule has 1 aliphatic heterocycles.